The zero-order chi connectivity index (χ0) is 23.9. The third-order valence-electron chi connectivity index (χ3n) is 6.34. The van der Waals surface area contributed by atoms with Gasteiger partial charge >= 0.3 is 0 Å². The van der Waals surface area contributed by atoms with Crippen LogP contribution in [0.15, 0.2) is 24.3 Å². The van der Waals surface area contributed by atoms with Gasteiger partial charge in [0.2, 0.25) is 0 Å². The highest BCUT2D eigenvalue weighted by Gasteiger charge is 2.27. The molecule has 0 saturated heterocycles. The normalized spacial score (nSPS) is 14.0. The fraction of sp³-hybridized carbons (Fsp3) is 0.586. The smallest absolute Gasteiger partial charge is 0.123 e. The quantitative estimate of drug-likeness (QED) is 0.520. The van der Waals surface area contributed by atoms with Crippen LogP contribution in [0.5, 0.6) is 11.5 Å². The van der Waals surface area contributed by atoms with Crippen molar-refractivity contribution in [3.8, 4) is 11.5 Å². The molecular weight excluding hydrogens is 380 g/mol. The maximum Gasteiger partial charge on any atom is 0.123 e. The first kappa shape index (κ1) is 25.3. The number of aromatic hydroxyl groups is 2. The molecule has 2 aromatic carbocycles. The Labute approximate surface area is 190 Å². The van der Waals surface area contributed by atoms with E-state index in [2.05, 4.69) is 100 Å². The molecule has 0 aliphatic heterocycles. The molecule has 0 fully saturated rings. The van der Waals surface area contributed by atoms with E-state index in [9.17, 15) is 10.2 Å². The summed E-state index contributed by atoms with van der Waals surface area (Å²) in [5.74, 6) is 1.17. The molecule has 2 aromatic rings. The van der Waals surface area contributed by atoms with Gasteiger partial charge in [-0.3, -0.25) is 0 Å². The van der Waals surface area contributed by atoms with E-state index in [-0.39, 0.29) is 16.2 Å². The third-order valence-corrected chi connectivity index (χ3v) is 6.34. The summed E-state index contributed by atoms with van der Waals surface area (Å²) in [5, 5.41) is 22.1. The van der Waals surface area contributed by atoms with E-state index in [0.717, 1.165) is 35.1 Å². The Balaban J connectivity index is 2.70. The minimum Gasteiger partial charge on any atom is -0.507 e. The number of hydrogen-bond donors (Lipinski definition) is 2. The zero-order valence-corrected chi connectivity index (χ0v) is 21.7. The molecule has 0 heterocycles. The largest absolute Gasteiger partial charge is 0.507 e. The SMILES string of the molecule is CCC(C)c1cc(Cc2cc(C(C)(C)C)c(O)c(C(C)(C)C)c2)cc(C(C)(C)C)c1O. The van der Waals surface area contributed by atoms with Gasteiger partial charge in [0.25, 0.3) is 0 Å². The Hall–Kier alpha value is -1.96. The number of benzene rings is 2. The first-order valence-electron chi connectivity index (χ1n) is 11.7. The van der Waals surface area contributed by atoms with Crippen LogP contribution < -0.4 is 0 Å². The molecule has 0 saturated carbocycles. The highest BCUT2D eigenvalue weighted by Crippen LogP contribution is 2.42. The maximum atomic E-state index is 11.1. The van der Waals surface area contributed by atoms with Crippen molar-refractivity contribution >= 4 is 0 Å². The highest BCUT2D eigenvalue weighted by molar-refractivity contribution is 5.53. The van der Waals surface area contributed by atoms with Crippen LogP contribution in [0.1, 0.15) is 122 Å². The van der Waals surface area contributed by atoms with E-state index in [1.165, 1.54) is 11.1 Å². The summed E-state index contributed by atoms with van der Waals surface area (Å²) >= 11 is 0. The molecule has 2 N–H and O–H groups in total. The maximum absolute atomic E-state index is 11.1. The molecular formula is C29H44O2. The topological polar surface area (TPSA) is 40.5 Å². The van der Waals surface area contributed by atoms with Crippen LogP contribution in [0, 0.1) is 0 Å². The molecule has 31 heavy (non-hydrogen) atoms. The molecule has 0 amide bonds. The van der Waals surface area contributed by atoms with Gasteiger partial charge in [0.05, 0.1) is 0 Å². The molecule has 2 nitrogen and oxygen atoms in total. The second-order valence-electron chi connectivity index (χ2n) is 12.4. The van der Waals surface area contributed by atoms with E-state index in [4.69, 9.17) is 0 Å². The third kappa shape index (κ3) is 5.64. The highest BCUT2D eigenvalue weighted by atomic mass is 16.3. The summed E-state index contributed by atoms with van der Waals surface area (Å²) in [6, 6.07) is 8.68. The lowest BCUT2D eigenvalue weighted by Gasteiger charge is -2.29. The molecule has 2 rings (SSSR count). The van der Waals surface area contributed by atoms with Gasteiger partial charge in [-0.25, -0.2) is 0 Å². The molecule has 0 aliphatic carbocycles. The first-order valence-corrected chi connectivity index (χ1v) is 11.7. The van der Waals surface area contributed by atoms with Gasteiger partial charge in [-0.05, 0) is 68.4 Å². The number of phenolic OH excluding ortho intramolecular Hbond substituents is 2. The van der Waals surface area contributed by atoms with Crippen molar-refractivity contribution in [2.24, 2.45) is 0 Å². The molecule has 0 radical (unpaired) electrons. The van der Waals surface area contributed by atoms with E-state index < -0.39 is 0 Å². The Morgan fingerprint density at radius 3 is 1.35 bits per heavy atom. The van der Waals surface area contributed by atoms with Crippen molar-refractivity contribution in [2.75, 3.05) is 0 Å². The van der Waals surface area contributed by atoms with Crippen LogP contribution in [0.25, 0.3) is 0 Å². The molecule has 2 heteroatoms. The molecule has 1 unspecified atom stereocenters. The fourth-order valence-corrected chi connectivity index (χ4v) is 4.16. The van der Waals surface area contributed by atoms with E-state index in [0.29, 0.717) is 17.4 Å². The lowest BCUT2D eigenvalue weighted by Crippen LogP contribution is -2.18. The van der Waals surface area contributed by atoms with Crippen molar-refractivity contribution in [3.63, 3.8) is 0 Å². The van der Waals surface area contributed by atoms with Gasteiger partial charge in [0.15, 0.2) is 0 Å². The minimum absolute atomic E-state index is 0.135. The van der Waals surface area contributed by atoms with Crippen molar-refractivity contribution in [1.29, 1.82) is 0 Å². The van der Waals surface area contributed by atoms with Crippen LogP contribution >= 0.6 is 0 Å². The summed E-state index contributed by atoms with van der Waals surface area (Å²) in [6.07, 6.45) is 1.77. The van der Waals surface area contributed by atoms with Gasteiger partial charge in [-0.1, -0.05) is 100 Å². The van der Waals surface area contributed by atoms with Gasteiger partial charge in [-0.2, -0.15) is 0 Å². The van der Waals surface area contributed by atoms with Crippen molar-refractivity contribution < 1.29 is 10.2 Å². The van der Waals surface area contributed by atoms with E-state index in [1.54, 1.807) is 0 Å². The molecule has 172 valence electrons. The van der Waals surface area contributed by atoms with Gasteiger partial charge in [-0.15, -0.1) is 0 Å². The summed E-state index contributed by atoms with van der Waals surface area (Å²) in [5.41, 5.74) is 6.02. The van der Waals surface area contributed by atoms with Crippen LogP contribution in [0.4, 0.5) is 0 Å². The first-order chi connectivity index (χ1) is 14.0. The lowest BCUT2D eigenvalue weighted by molar-refractivity contribution is 0.423. The van der Waals surface area contributed by atoms with Gasteiger partial charge in [0.1, 0.15) is 11.5 Å². The Morgan fingerprint density at radius 2 is 1.00 bits per heavy atom. The Morgan fingerprint density at radius 1 is 0.645 bits per heavy atom. The molecule has 1 atom stereocenters. The molecule has 0 bridgehead atoms. The predicted molar refractivity (Wildman–Crippen MR) is 134 cm³/mol. The number of hydrogen-bond acceptors (Lipinski definition) is 2. The number of rotatable bonds is 4. The molecule has 0 aromatic heterocycles. The summed E-state index contributed by atoms with van der Waals surface area (Å²) in [6.45, 7) is 23.7. The fourth-order valence-electron chi connectivity index (χ4n) is 4.16. The van der Waals surface area contributed by atoms with Crippen LogP contribution in [-0.2, 0) is 22.7 Å². The summed E-state index contributed by atoms with van der Waals surface area (Å²) in [7, 11) is 0. The summed E-state index contributed by atoms with van der Waals surface area (Å²) in [4.78, 5) is 0. The molecule has 0 aliphatic rings. The Bertz CT molecular complexity index is 896. The van der Waals surface area contributed by atoms with Crippen molar-refractivity contribution in [1.82, 2.24) is 0 Å². The number of phenols is 2. The second-order valence-corrected chi connectivity index (χ2v) is 12.4. The zero-order valence-electron chi connectivity index (χ0n) is 21.7. The summed E-state index contributed by atoms with van der Waals surface area (Å²) < 4.78 is 0. The van der Waals surface area contributed by atoms with Gasteiger partial charge in [0, 0.05) is 0 Å². The van der Waals surface area contributed by atoms with Crippen LogP contribution in [0.3, 0.4) is 0 Å². The predicted octanol–water partition coefficient (Wildman–Crippen LogP) is 8.09. The molecule has 0 spiro atoms. The monoisotopic (exact) mass is 424 g/mol. The van der Waals surface area contributed by atoms with Crippen LogP contribution in [-0.4, -0.2) is 10.2 Å². The van der Waals surface area contributed by atoms with Crippen LogP contribution in [0.2, 0.25) is 0 Å². The minimum atomic E-state index is -0.145. The standard InChI is InChI=1S/C29H44O2/c1-12-18(2)21-14-19(15-22(25(21)30)27(3,4)5)13-20-16-23(28(6,7)8)26(31)24(17-20)29(9,10)11/h14-18,30-31H,12-13H2,1-11H3. The van der Waals surface area contributed by atoms with E-state index in [1.807, 2.05) is 0 Å². The average molecular weight is 425 g/mol. The lowest BCUT2D eigenvalue weighted by atomic mass is 9.77. The second kappa shape index (κ2) is 8.52. The van der Waals surface area contributed by atoms with E-state index >= 15 is 0 Å². The van der Waals surface area contributed by atoms with Crippen molar-refractivity contribution in [3.05, 3.63) is 57.6 Å². The van der Waals surface area contributed by atoms with Crippen molar-refractivity contribution in [2.45, 2.75) is 111 Å². The average Bonchev–Trinajstić information content (AvgIpc) is 2.60. The van der Waals surface area contributed by atoms with Gasteiger partial charge < -0.3 is 10.2 Å². The Kier molecular flexibility index (Phi) is 6.96.